The average Bonchev–Trinajstić information content (AvgIpc) is 2.15. The Kier molecular flexibility index (Phi) is 2.18. The van der Waals surface area contributed by atoms with Gasteiger partial charge in [0, 0.05) is 25.0 Å². The first-order valence-electron chi connectivity index (χ1n) is 5.96. The number of benzene rings is 1. The minimum absolute atomic E-state index is 0.128. The Balaban J connectivity index is 1.75. The van der Waals surface area contributed by atoms with Crippen LogP contribution in [0.5, 0.6) is 0 Å². The smallest absolute Gasteiger partial charge is 0.146 e. The summed E-state index contributed by atoms with van der Waals surface area (Å²) in [7, 11) is 0. The summed E-state index contributed by atoms with van der Waals surface area (Å²) in [6, 6.07) is 5.34. The lowest BCUT2D eigenvalue weighted by atomic mass is 9.63. The Morgan fingerprint density at radius 1 is 1.31 bits per heavy atom. The second-order valence-electron chi connectivity index (χ2n) is 5.20. The van der Waals surface area contributed by atoms with Gasteiger partial charge in [-0.2, -0.15) is 0 Å². The van der Waals surface area contributed by atoms with Crippen molar-refractivity contribution in [3.05, 3.63) is 29.6 Å². The Morgan fingerprint density at radius 2 is 2.06 bits per heavy atom. The van der Waals surface area contributed by atoms with Gasteiger partial charge in [-0.1, -0.05) is 12.5 Å². The zero-order chi connectivity index (χ0) is 11.2. The van der Waals surface area contributed by atoms with E-state index in [1.807, 2.05) is 12.1 Å². The van der Waals surface area contributed by atoms with Gasteiger partial charge in [-0.25, -0.2) is 4.39 Å². The summed E-state index contributed by atoms with van der Waals surface area (Å²) in [4.78, 5) is 2.15. The van der Waals surface area contributed by atoms with Crippen molar-refractivity contribution >= 4 is 5.69 Å². The molecule has 0 amide bonds. The van der Waals surface area contributed by atoms with Crippen LogP contribution in [-0.4, -0.2) is 13.1 Å². The van der Waals surface area contributed by atoms with E-state index in [1.54, 1.807) is 6.07 Å². The van der Waals surface area contributed by atoms with Gasteiger partial charge >= 0.3 is 0 Å². The molecule has 1 saturated heterocycles. The van der Waals surface area contributed by atoms with Crippen LogP contribution >= 0.6 is 0 Å². The Morgan fingerprint density at radius 3 is 2.56 bits per heavy atom. The number of nitrogens with zero attached hydrogens (tertiary/aromatic N) is 1. The lowest BCUT2D eigenvalue weighted by Crippen LogP contribution is -2.60. The minimum atomic E-state index is -0.128. The first-order valence-corrected chi connectivity index (χ1v) is 5.96. The molecule has 0 atom stereocenters. The van der Waals surface area contributed by atoms with Crippen LogP contribution in [0, 0.1) is 11.2 Å². The fraction of sp³-hybridized carbons (Fsp3) is 0.538. The van der Waals surface area contributed by atoms with Crippen LogP contribution in [0.3, 0.4) is 0 Å². The van der Waals surface area contributed by atoms with Gasteiger partial charge in [0.05, 0.1) is 5.69 Å². The van der Waals surface area contributed by atoms with Crippen molar-refractivity contribution in [2.24, 2.45) is 11.1 Å². The summed E-state index contributed by atoms with van der Waals surface area (Å²) in [6.07, 6.45) is 4.00. The molecular formula is C13H17FN2. The SMILES string of the molecule is NCc1ccc(N2CC3(CCC3)C2)c(F)c1. The summed E-state index contributed by atoms with van der Waals surface area (Å²) < 4.78 is 13.8. The molecule has 1 aromatic rings. The van der Waals surface area contributed by atoms with Crippen molar-refractivity contribution in [2.45, 2.75) is 25.8 Å². The van der Waals surface area contributed by atoms with Crippen molar-refractivity contribution in [1.29, 1.82) is 0 Å². The third-order valence-corrected chi connectivity index (χ3v) is 4.06. The average molecular weight is 220 g/mol. The molecule has 1 aromatic carbocycles. The van der Waals surface area contributed by atoms with Gasteiger partial charge in [-0.05, 0) is 30.5 Å². The van der Waals surface area contributed by atoms with Crippen LogP contribution in [0.4, 0.5) is 10.1 Å². The molecule has 86 valence electrons. The second kappa shape index (κ2) is 3.45. The molecular weight excluding hydrogens is 203 g/mol. The molecule has 1 aliphatic carbocycles. The van der Waals surface area contributed by atoms with E-state index in [1.165, 1.54) is 19.3 Å². The molecule has 0 unspecified atom stereocenters. The highest BCUT2D eigenvalue weighted by Crippen LogP contribution is 2.49. The van der Waals surface area contributed by atoms with Gasteiger partial charge in [0.25, 0.3) is 0 Å². The predicted molar refractivity (Wildman–Crippen MR) is 62.8 cm³/mol. The van der Waals surface area contributed by atoms with Gasteiger partial charge in [0.2, 0.25) is 0 Å². The molecule has 0 radical (unpaired) electrons. The predicted octanol–water partition coefficient (Wildman–Crippen LogP) is 2.27. The molecule has 1 aliphatic heterocycles. The third kappa shape index (κ3) is 1.42. The maximum atomic E-state index is 13.8. The largest absolute Gasteiger partial charge is 0.368 e. The van der Waals surface area contributed by atoms with Gasteiger partial charge < -0.3 is 10.6 Å². The molecule has 0 bridgehead atoms. The number of hydrogen-bond donors (Lipinski definition) is 1. The van der Waals surface area contributed by atoms with E-state index in [4.69, 9.17) is 5.73 Å². The summed E-state index contributed by atoms with van der Waals surface area (Å²) in [5.74, 6) is -0.128. The highest BCUT2D eigenvalue weighted by molar-refractivity contribution is 5.52. The topological polar surface area (TPSA) is 29.3 Å². The molecule has 2 N–H and O–H groups in total. The first-order chi connectivity index (χ1) is 7.72. The number of halogens is 1. The molecule has 1 saturated carbocycles. The highest BCUT2D eigenvalue weighted by atomic mass is 19.1. The monoisotopic (exact) mass is 220 g/mol. The molecule has 1 heterocycles. The Labute approximate surface area is 95.2 Å². The van der Waals surface area contributed by atoms with Crippen molar-refractivity contribution in [2.75, 3.05) is 18.0 Å². The quantitative estimate of drug-likeness (QED) is 0.828. The first kappa shape index (κ1) is 10.1. The Bertz CT molecular complexity index is 404. The lowest BCUT2D eigenvalue weighted by molar-refractivity contribution is 0.0897. The van der Waals surface area contributed by atoms with Crippen LogP contribution in [0.25, 0.3) is 0 Å². The minimum Gasteiger partial charge on any atom is -0.368 e. The van der Waals surface area contributed by atoms with Gasteiger partial charge in [0.1, 0.15) is 5.82 Å². The second-order valence-corrected chi connectivity index (χ2v) is 5.20. The van der Waals surface area contributed by atoms with Crippen LogP contribution in [0.15, 0.2) is 18.2 Å². The van der Waals surface area contributed by atoms with Crippen molar-refractivity contribution in [3.8, 4) is 0 Å². The molecule has 2 aliphatic rings. The van der Waals surface area contributed by atoms with E-state index in [0.717, 1.165) is 24.3 Å². The third-order valence-electron chi connectivity index (χ3n) is 4.06. The number of nitrogens with two attached hydrogens (primary N) is 1. The zero-order valence-electron chi connectivity index (χ0n) is 9.38. The van der Waals surface area contributed by atoms with E-state index in [2.05, 4.69) is 4.90 Å². The van der Waals surface area contributed by atoms with E-state index in [9.17, 15) is 4.39 Å². The zero-order valence-corrected chi connectivity index (χ0v) is 9.38. The van der Waals surface area contributed by atoms with Crippen LogP contribution in [-0.2, 0) is 6.54 Å². The van der Waals surface area contributed by atoms with E-state index >= 15 is 0 Å². The normalized spacial score (nSPS) is 21.8. The van der Waals surface area contributed by atoms with Gasteiger partial charge in [-0.3, -0.25) is 0 Å². The highest BCUT2D eigenvalue weighted by Gasteiger charge is 2.47. The van der Waals surface area contributed by atoms with Gasteiger partial charge in [0.15, 0.2) is 0 Å². The molecule has 3 rings (SSSR count). The van der Waals surface area contributed by atoms with Crippen molar-refractivity contribution in [3.63, 3.8) is 0 Å². The summed E-state index contributed by atoms with van der Waals surface area (Å²) in [6.45, 7) is 2.47. The van der Waals surface area contributed by atoms with Crippen molar-refractivity contribution < 1.29 is 4.39 Å². The number of hydrogen-bond acceptors (Lipinski definition) is 2. The fourth-order valence-corrected chi connectivity index (χ4v) is 2.86. The van der Waals surface area contributed by atoms with E-state index < -0.39 is 0 Å². The molecule has 3 heteroatoms. The number of rotatable bonds is 2. The maximum Gasteiger partial charge on any atom is 0.146 e. The van der Waals surface area contributed by atoms with Gasteiger partial charge in [-0.15, -0.1) is 0 Å². The van der Waals surface area contributed by atoms with Crippen LogP contribution < -0.4 is 10.6 Å². The molecule has 16 heavy (non-hydrogen) atoms. The van der Waals surface area contributed by atoms with Crippen LogP contribution in [0.2, 0.25) is 0 Å². The number of anilines is 1. The fourth-order valence-electron chi connectivity index (χ4n) is 2.86. The maximum absolute atomic E-state index is 13.8. The van der Waals surface area contributed by atoms with E-state index in [-0.39, 0.29) is 5.82 Å². The summed E-state index contributed by atoms with van der Waals surface area (Å²) in [5.41, 5.74) is 7.63. The molecule has 1 spiro atoms. The van der Waals surface area contributed by atoms with E-state index in [0.29, 0.717) is 12.0 Å². The molecule has 0 aromatic heterocycles. The lowest BCUT2D eigenvalue weighted by Gasteiger charge is -2.57. The van der Waals surface area contributed by atoms with Crippen LogP contribution in [0.1, 0.15) is 24.8 Å². The summed E-state index contributed by atoms with van der Waals surface area (Å²) >= 11 is 0. The molecule has 2 nitrogen and oxygen atoms in total. The summed E-state index contributed by atoms with van der Waals surface area (Å²) in [5, 5.41) is 0. The Hall–Kier alpha value is -1.09. The standard InChI is InChI=1S/C13H17FN2/c14-11-6-10(7-15)2-3-12(11)16-8-13(9-16)4-1-5-13/h2-3,6H,1,4-5,7-9,15H2. The van der Waals surface area contributed by atoms with Crippen molar-refractivity contribution in [1.82, 2.24) is 0 Å². The molecule has 2 fully saturated rings.